The van der Waals surface area contributed by atoms with Crippen molar-refractivity contribution in [2.45, 2.75) is 42.8 Å². The first-order chi connectivity index (χ1) is 18.9. The van der Waals surface area contributed by atoms with E-state index in [0.29, 0.717) is 24.4 Å². The molecule has 1 aliphatic rings. The molecule has 0 saturated carbocycles. The predicted octanol–water partition coefficient (Wildman–Crippen LogP) is 4.48. The maximum Gasteiger partial charge on any atom is 0.308 e. The van der Waals surface area contributed by atoms with Gasteiger partial charge in [-0.15, -0.1) is 0 Å². The zero-order valence-electron chi connectivity index (χ0n) is 22.8. The topological polar surface area (TPSA) is 79.0 Å². The van der Waals surface area contributed by atoms with E-state index in [1.54, 1.807) is 31.3 Å². The second kappa shape index (κ2) is 13.8. The number of carbonyl (C=O) groups excluding carboxylic acids is 1. The number of methoxy groups -OCH3 is 1. The lowest BCUT2D eigenvalue weighted by atomic mass is 9.92. The van der Waals surface area contributed by atoms with Gasteiger partial charge in [0.25, 0.3) is 0 Å². The van der Waals surface area contributed by atoms with Gasteiger partial charge in [-0.1, -0.05) is 78.9 Å². The molecule has 0 radical (unpaired) electrons. The average Bonchev–Trinajstić information content (AvgIpc) is 2.99. The van der Waals surface area contributed by atoms with Gasteiger partial charge in [0.1, 0.15) is 0 Å². The van der Waals surface area contributed by atoms with Gasteiger partial charge in [-0.2, -0.15) is 0 Å². The summed E-state index contributed by atoms with van der Waals surface area (Å²) in [5.74, 6) is -0.273. The van der Waals surface area contributed by atoms with Crippen molar-refractivity contribution in [2.75, 3.05) is 33.8 Å². The van der Waals surface area contributed by atoms with Crippen molar-refractivity contribution in [1.29, 1.82) is 0 Å². The van der Waals surface area contributed by atoms with Crippen molar-refractivity contribution in [1.82, 2.24) is 14.5 Å². The summed E-state index contributed by atoms with van der Waals surface area (Å²) >= 11 is 0. The largest absolute Gasteiger partial charge is 0.469 e. The second-order valence-electron chi connectivity index (χ2n) is 10.2. The van der Waals surface area contributed by atoms with Crippen LogP contribution in [0.2, 0.25) is 0 Å². The summed E-state index contributed by atoms with van der Waals surface area (Å²) in [5.41, 5.74) is 2.30. The lowest BCUT2D eigenvalue weighted by Gasteiger charge is -2.40. The molecular weight excluding hydrogens is 510 g/mol. The van der Waals surface area contributed by atoms with Crippen LogP contribution >= 0.6 is 0 Å². The Bertz CT molecular complexity index is 1270. The van der Waals surface area contributed by atoms with E-state index in [0.717, 1.165) is 31.5 Å². The van der Waals surface area contributed by atoms with Crippen LogP contribution in [0.4, 0.5) is 0 Å². The van der Waals surface area contributed by atoms with Gasteiger partial charge < -0.3 is 4.74 Å². The number of nitrogens with one attached hydrogen (secondary N) is 1. The Morgan fingerprint density at radius 2 is 1.62 bits per heavy atom. The molecule has 1 aliphatic heterocycles. The molecule has 39 heavy (non-hydrogen) atoms. The first kappa shape index (κ1) is 29.0. The highest BCUT2D eigenvalue weighted by Gasteiger charge is 2.33. The monoisotopic (exact) mass is 549 g/mol. The molecule has 1 saturated heterocycles. The van der Waals surface area contributed by atoms with Crippen LogP contribution in [0.5, 0.6) is 0 Å². The van der Waals surface area contributed by atoms with Crippen LogP contribution in [0.25, 0.3) is 0 Å². The molecule has 1 unspecified atom stereocenters. The molecule has 0 amide bonds. The van der Waals surface area contributed by atoms with Crippen LogP contribution in [0, 0.1) is 5.92 Å². The van der Waals surface area contributed by atoms with Crippen LogP contribution in [0.3, 0.4) is 0 Å². The predicted molar refractivity (Wildman–Crippen MR) is 153 cm³/mol. The van der Waals surface area contributed by atoms with Gasteiger partial charge in [-0.3, -0.25) is 15.0 Å². The Morgan fingerprint density at radius 3 is 2.26 bits per heavy atom. The maximum atomic E-state index is 13.3. The summed E-state index contributed by atoms with van der Waals surface area (Å²) in [4.78, 5) is 15.0. The molecule has 3 aromatic carbocycles. The van der Waals surface area contributed by atoms with E-state index in [9.17, 15) is 13.2 Å². The number of likely N-dealkylation sites (tertiary alicyclic amines) is 1. The molecule has 0 bridgehead atoms. The Morgan fingerprint density at radius 1 is 1.00 bits per heavy atom. The van der Waals surface area contributed by atoms with Crippen molar-refractivity contribution in [2.24, 2.45) is 5.92 Å². The number of piperidine rings is 1. The molecule has 1 fully saturated rings. The molecule has 7 nitrogen and oxygen atoms in total. The number of sulfonamides is 1. The van der Waals surface area contributed by atoms with Gasteiger partial charge >= 0.3 is 5.97 Å². The number of nitrogens with zero attached hydrogens (tertiary/aromatic N) is 2. The number of rotatable bonds is 12. The van der Waals surface area contributed by atoms with Crippen molar-refractivity contribution < 1.29 is 17.9 Å². The number of hydrogen-bond acceptors (Lipinski definition) is 6. The molecule has 208 valence electrons. The molecule has 0 aliphatic carbocycles. The maximum absolute atomic E-state index is 13.3. The van der Waals surface area contributed by atoms with Crippen LogP contribution in [-0.4, -0.2) is 63.5 Å². The summed E-state index contributed by atoms with van der Waals surface area (Å²) in [6, 6.07) is 28.9. The number of benzene rings is 3. The van der Waals surface area contributed by atoms with Crippen LogP contribution in [0.1, 0.15) is 36.3 Å². The van der Waals surface area contributed by atoms with E-state index in [4.69, 9.17) is 4.74 Å². The summed E-state index contributed by atoms with van der Waals surface area (Å²) in [6.07, 6.45) is 2.22. The van der Waals surface area contributed by atoms with Crippen molar-refractivity contribution >= 4 is 16.0 Å². The quantitative estimate of drug-likeness (QED) is 0.336. The van der Waals surface area contributed by atoms with E-state index in [1.807, 2.05) is 42.5 Å². The summed E-state index contributed by atoms with van der Waals surface area (Å²) < 4.78 is 33.1. The van der Waals surface area contributed by atoms with Gasteiger partial charge in [0.2, 0.25) is 10.0 Å². The fraction of sp³-hybridized carbons (Fsp3) is 0.387. The van der Waals surface area contributed by atoms with Crippen LogP contribution < -0.4 is 5.32 Å². The third kappa shape index (κ3) is 7.76. The Kier molecular flexibility index (Phi) is 10.3. The Labute approximate surface area is 232 Å². The van der Waals surface area contributed by atoms with Gasteiger partial charge in [0.15, 0.2) is 0 Å². The lowest BCUT2D eigenvalue weighted by Crippen LogP contribution is -2.52. The lowest BCUT2D eigenvalue weighted by molar-refractivity contribution is -0.148. The van der Waals surface area contributed by atoms with Gasteiger partial charge in [0.05, 0.1) is 24.1 Å². The zero-order valence-corrected chi connectivity index (χ0v) is 23.6. The highest BCUT2D eigenvalue weighted by atomic mass is 32.2. The molecule has 0 aromatic heterocycles. The fourth-order valence-corrected chi connectivity index (χ4v) is 6.53. The Hall–Kier alpha value is -3.04. The zero-order chi connectivity index (χ0) is 27.7. The van der Waals surface area contributed by atoms with Crippen LogP contribution in [-0.2, 0) is 26.1 Å². The van der Waals surface area contributed by atoms with Crippen molar-refractivity contribution in [3.8, 4) is 0 Å². The number of esters is 1. The summed E-state index contributed by atoms with van der Waals surface area (Å²) in [7, 11) is -0.492. The highest BCUT2D eigenvalue weighted by Crippen LogP contribution is 2.28. The van der Waals surface area contributed by atoms with E-state index >= 15 is 0 Å². The highest BCUT2D eigenvalue weighted by molar-refractivity contribution is 7.89. The molecule has 3 aromatic rings. The van der Waals surface area contributed by atoms with E-state index in [1.165, 1.54) is 17.0 Å². The van der Waals surface area contributed by atoms with E-state index < -0.39 is 10.0 Å². The van der Waals surface area contributed by atoms with Crippen molar-refractivity contribution in [3.05, 3.63) is 102 Å². The standard InChI is InChI=1S/C31H39N3O4S/c1-33(39(36,37)29-16-10-5-11-17-29)24-28(26-14-8-4-9-15-26)19-21-34-20-18-27(31(35)38-2)22-30(34)32-23-25-12-6-3-7-13-25/h3-17,27-28,30,32H,18-24H2,1-2H3/t27?,28-,30-/m0/s1. The van der Waals surface area contributed by atoms with Gasteiger partial charge in [-0.05, 0) is 48.4 Å². The first-order valence-electron chi connectivity index (χ1n) is 13.5. The average molecular weight is 550 g/mol. The summed E-state index contributed by atoms with van der Waals surface area (Å²) in [5, 5.41) is 3.66. The normalized spacial score (nSPS) is 19.1. The smallest absolute Gasteiger partial charge is 0.308 e. The molecule has 3 atom stereocenters. The third-order valence-electron chi connectivity index (χ3n) is 7.60. The molecule has 1 N–H and O–H groups in total. The van der Waals surface area contributed by atoms with Gasteiger partial charge in [0, 0.05) is 33.2 Å². The molecule has 4 rings (SSSR count). The fourth-order valence-electron chi connectivity index (χ4n) is 5.30. The SMILES string of the molecule is COC(=O)C1CCN(CC[C@@H](CN(C)S(=O)(=O)c2ccccc2)c2ccccc2)[C@H](NCc2ccccc2)C1. The third-order valence-corrected chi connectivity index (χ3v) is 9.43. The van der Waals surface area contributed by atoms with Crippen LogP contribution in [0.15, 0.2) is 95.9 Å². The molecule has 0 spiro atoms. The minimum absolute atomic E-state index is 0.0165. The number of hydrogen-bond donors (Lipinski definition) is 1. The van der Waals surface area contributed by atoms with Gasteiger partial charge in [-0.25, -0.2) is 12.7 Å². The minimum atomic E-state index is -3.60. The van der Waals surface area contributed by atoms with Crippen molar-refractivity contribution in [3.63, 3.8) is 0 Å². The van der Waals surface area contributed by atoms with E-state index in [-0.39, 0.29) is 24.0 Å². The second-order valence-corrected chi connectivity index (χ2v) is 12.2. The Balaban J connectivity index is 1.48. The molecular formula is C31H39N3O4S. The first-order valence-corrected chi connectivity index (χ1v) is 15.0. The minimum Gasteiger partial charge on any atom is -0.469 e. The number of ether oxygens (including phenoxy) is 1. The number of likely N-dealkylation sites (N-methyl/N-ethyl adjacent to an activating group) is 1. The van der Waals surface area contributed by atoms with E-state index in [2.05, 4.69) is 34.5 Å². The summed E-state index contributed by atoms with van der Waals surface area (Å²) in [6.45, 7) is 2.63. The molecule has 1 heterocycles. The molecule has 8 heteroatoms. The number of carbonyl (C=O) groups is 1.